The van der Waals surface area contributed by atoms with Gasteiger partial charge in [0.05, 0.1) is 10.6 Å². The molecule has 0 bridgehead atoms. The maximum atomic E-state index is 13.6. The summed E-state index contributed by atoms with van der Waals surface area (Å²) in [6, 6.07) is 2.40. The van der Waals surface area contributed by atoms with E-state index < -0.39 is 15.8 Å². The molecular weight excluding hydrogens is 295 g/mol. The van der Waals surface area contributed by atoms with Crippen LogP contribution >= 0.6 is 0 Å². The third kappa shape index (κ3) is 3.20. The van der Waals surface area contributed by atoms with Gasteiger partial charge in [-0.1, -0.05) is 0 Å². The Labute approximate surface area is 124 Å². The molecule has 0 saturated carbocycles. The van der Waals surface area contributed by atoms with E-state index in [9.17, 15) is 12.8 Å². The number of sulfonamides is 1. The van der Waals surface area contributed by atoms with Crippen molar-refractivity contribution in [3.8, 4) is 0 Å². The molecule has 7 heteroatoms. The van der Waals surface area contributed by atoms with Crippen molar-refractivity contribution in [2.24, 2.45) is 0 Å². The van der Waals surface area contributed by atoms with Crippen LogP contribution in [0.25, 0.3) is 0 Å². The molecule has 1 heterocycles. The number of hydrogen-bond donors (Lipinski definition) is 2. The van der Waals surface area contributed by atoms with Gasteiger partial charge in [0, 0.05) is 19.2 Å². The first-order valence-electron chi connectivity index (χ1n) is 7.06. The summed E-state index contributed by atoms with van der Waals surface area (Å²) in [6.07, 6.45) is 2.78. The SMILES string of the molecule is Cc1cc(S(=O)(=O)N2CCCC2CCCO)cc(N)c1F. The first-order chi connectivity index (χ1) is 9.87. The van der Waals surface area contributed by atoms with Crippen molar-refractivity contribution in [3.63, 3.8) is 0 Å². The molecule has 3 N–H and O–H groups in total. The number of benzene rings is 1. The smallest absolute Gasteiger partial charge is 0.243 e. The zero-order valence-corrected chi connectivity index (χ0v) is 12.9. The molecule has 0 spiro atoms. The minimum absolute atomic E-state index is 0.0369. The summed E-state index contributed by atoms with van der Waals surface area (Å²) in [4.78, 5) is 0.0369. The molecule has 1 fully saturated rings. The molecule has 21 heavy (non-hydrogen) atoms. The van der Waals surface area contributed by atoms with Crippen molar-refractivity contribution in [2.75, 3.05) is 18.9 Å². The van der Waals surface area contributed by atoms with Crippen LogP contribution in [0.2, 0.25) is 0 Å². The minimum atomic E-state index is -3.68. The van der Waals surface area contributed by atoms with Gasteiger partial charge in [-0.2, -0.15) is 4.31 Å². The molecule has 5 nitrogen and oxygen atoms in total. The Balaban J connectivity index is 2.33. The van der Waals surface area contributed by atoms with E-state index in [-0.39, 0.29) is 28.8 Å². The Morgan fingerprint density at radius 2 is 2.19 bits per heavy atom. The van der Waals surface area contributed by atoms with Crippen LogP contribution in [0.1, 0.15) is 31.2 Å². The lowest BCUT2D eigenvalue weighted by molar-refractivity contribution is 0.264. The highest BCUT2D eigenvalue weighted by atomic mass is 32.2. The van der Waals surface area contributed by atoms with Gasteiger partial charge >= 0.3 is 0 Å². The van der Waals surface area contributed by atoms with Crippen LogP contribution in [0.5, 0.6) is 0 Å². The average Bonchev–Trinajstić information content (AvgIpc) is 2.91. The predicted octanol–water partition coefficient (Wildman–Crippen LogP) is 1.64. The van der Waals surface area contributed by atoms with E-state index in [2.05, 4.69) is 0 Å². The Hall–Kier alpha value is -1.18. The fourth-order valence-corrected chi connectivity index (χ4v) is 4.63. The molecule has 1 aromatic rings. The Kier molecular flexibility index (Phi) is 4.85. The summed E-state index contributed by atoms with van der Waals surface area (Å²) in [7, 11) is -3.68. The average molecular weight is 316 g/mol. The van der Waals surface area contributed by atoms with Crippen LogP contribution in [0, 0.1) is 12.7 Å². The highest BCUT2D eigenvalue weighted by molar-refractivity contribution is 7.89. The van der Waals surface area contributed by atoms with Crippen LogP contribution < -0.4 is 5.73 Å². The Morgan fingerprint density at radius 1 is 1.48 bits per heavy atom. The molecule has 1 saturated heterocycles. The van der Waals surface area contributed by atoms with E-state index in [1.54, 1.807) is 0 Å². The molecule has 1 aliphatic heterocycles. The van der Waals surface area contributed by atoms with E-state index >= 15 is 0 Å². The van der Waals surface area contributed by atoms with Gasteiger partial charge in [0.2, 0.25) is 10.0 Å². The Bertz CT molecular complexity index is 596. The third-order valence-electron chi connectivity index (χ3n) is 3.88. The molecular formula is C14H21FN2O3S. The molecule has 2 rings (SSSR count). The largest absolute Gasteiger partial charge is 0.396 e. The van der Waals surface area contributed by atoms with Crippen molar-refractivity contribution in [2.45, 2.75) is 43.5 Å². The van der Waals surface area contributed by atoms with Crippen molar-refractivity contribution in [3.05, 3.63) is 23.5 Å². The Morgan fingerprint density at radius 3 is 2.81 bits per heavy atom. The van der Waals surface area contributed by atoms with Gasteiger partial charge in [-0.3, -0.25) is 0 Å². The third-order valence-corrected chi connectivity index (χ3v) is 5.81. The van der Waals surface area contributed by atoms with Crippen LogP contribution in [0.15, 0.2) is 17.0 Å². The lowest BCUT2D eigenvalue weighted by Crippen LogP contribution is -2.35. The highest BCUT2D eigenvalue weighted by Crippen LogP contribution is 2.30. The van der Waals surface area contributed by atoms with Crippen LogP contribution in [0.4, 0.5) is 10.1 Å². The number of nitrogens with two attached hydrogens (primary N) is 1. The maximum Gasteiger partial charge on any atom is 0.243 e. The fraction of sp³-hybridized carbons (Fsp3) is 0.571. The molecule has 1 unspecified atom stereocenters. The summed E-state index contributed by atoms with van der Waals surface area (Å²) >= 11 is 0. The predicted molar refractivity (Wildman–Crippen MR) is 78.8 cm³/mol. The molecule has 0 amide bonds. The molecule has 0 aliphatic carbocycles. The van der Waals surface area contributed by atoms with E-state index in [0.717, 1.165) is 12.8 Å². The molecule has 0 aromatic heterocycles. The lowest BCUT2D eigenvalue weighted by Gasteiger charge is -2.24. The number of aliphatic hydroxyl groups is 1. The molecule has 1 aromatic carbocycles. The lowest BCUT2D eigenvalue weighted by atomic mass is 10.1. The zero-order valence-electron chi connectivity index (χ0n) is 12.0. The second-order valence-electron chi connectivity index (χ2n) is 5.42. The molecule has 0 radical (unpaired) electrons. The van der Waals surface area contributed by atoms with Gasteiger partial charge in [0.1, 0.15) is 5.82 Å². The summed E-state index contributed by atoms with van der Waals surface area (Å²) in [6.45, 7) is 2.00. The molecule has 1 atom stereocenters. The number of hydrogen-bond acceptors (Lipinski definition) is 4. The van der Waals surface area contributed by atoms with E-state index in [1.165, 1.54) is 23.4 Å². The van der Waals surface area contributed by atoms with Crippen molar-refractivity contribution >= 4 is 15.7 Å². The number of aryl methyl sites for hydroxylation is 1. The summed E-state index contributed by atoms with van der Waals surface area (Å²) in [5.41, 5.74) is 5.61. The normalized spacial score (nSPS) is 20.0. The first-order valence-corrected chi connectivity index (χ1v) is 8.50. The van der Waals surface area contributed by atoms with E-state index in [4.69, 9.17) is 10.8 Å². The molecule has 118 valence electrons. The highest BCUT2D eigenvalue weighted by Gasteiger charge is 2.35. The van der Waals surface area contributed by atoms with Gasteiger partial charge in [-0.05, 0) is 50.3 Å². The summed E-state index contributed by atoms with van der Waals surface area (Å²) < 4.78 is 40.4. The standard InChI is InChI=1S/C14H21FN2O3S/c1-10-8-12(9-13(16)14(10)15)21(19,20)17-6-2-4-11(17)5-3-7-18/h8-9,11,18H,2-7,16H2,1H3. The van der Waals surface area contributed by atoms with Gasteiger partial charge in [-0.25, -0.2) is 12.8 Å². The monoisotopic (exact) mass is 316 g/mol. The number of halogens is 1. The molecule has 1 aliphatic rings. The van der Waals surface area contributed by atoms with Gasteiger partial charge in [0.15, 0.2) is 0 Å². The van der Waals surface area contributed by atoms with E-state index in [0.29, 0.717) is 19.4 Å². The number of aliphatic hydroxyl groups excluding tert-OH is 1. The summed E-state index contributed by atoms with van der Waals surface area (Å²) in [5.74, 6) is -0.577. The first kappa shape index (κ1) is 16.2. The van der Waals surface area contributed by atoms with Crippen molar-refractivity contribution in [1.82, 2.24) is 4.31 Å². The second kappa shape index (κ2) is 6.29. The topological polar surface area (TPSA) is 83.6 Å². The summed E-state index contributed by atoms with van der Waals surface area (Å²) in [5, 5.41) is 8.91. The van der Waals surface area contributed by atoms with Gasteiger partial charge < -0.3 is 10.8 Å². The second-order valence-corrected chi connectivity index (χ2v) is 7.31. The van der Waals surface area contributed by atoms with Crippen LogP contribution in [-0.2, 0) is 10.0 Å². The van der Waals surface area contributed by atoms with E-state index in [1.807, 2.05) is 0 Å². The fourth-order valence-electron chi connectivity index (χ4n) is 2.79. The number of anilines is 1. The van der Waals surface area contributed by atoms with Crippen molar-refractivity contribution in [1.29, 1.82) is 0 Å². The van der Waals surface area contributed by atoms with Gasteiger partial charge in [-0.15, -0.1) is 0 Å². The quantitative estimate of drug-likeness (QED) is 0.809. The maximum absolute atomic E-state index is 13.6. The van der Waals surface area contributed by atoms with Crippen LogP contribution in [0.3, 0.4) is 0 Å². The number of rotatable bonds is 5. The van der Waals surface area contributed by atoms with Crippen LogP contribution in [-0.4, -0.2) is 37.0 Å². The van der Waals surface area contributed by atoms with Crippen molar-refractivity contribution < 1.29 is 17.9 Å². The van der Waals surface area contributed by atoms with Gasteiger partial charge in [0.25, 0.3) is 0 Å². The minimum Gasteiger partial charge on any atom is -0.396 e. The number of nitrogens with zero attached hydrogens (tertiary/aromatic N) is 1. The number of nitrogen functional groups attached to an aromatic ring is 1. The zero-order chi connectivity index (χ0) is 15.6.